The first-order valence-electron chi connectivity index (χ1n) is 14.8. The van der Waals surface area contributed by atoms with Crippen LogP contribution < -0.4 is 19.1 Å². The molecule has 0 saturated carbocycles. The maximum atomic E-state index is 12.8. The number of benzene rings is 3. The van der Waals surface area contributed by atoms with Crippen molar-refractivity contribution in [3.8, 4) is 23.3 Å². The van der Waals surface area contributed by atoms with Crippen LogP contribution in [0.1, 0.15) is 23.1 Å². The van der Waals surface area contributed by atoms with Gasteiger partial charge in [-0.1, -0.05) is 18.2 Å². The molecule has 2 aliphatic rings. The molecule has 242 valence electrons. The lowest BCUT2D eigenvalue weighted by atomic mass is 10.1. The summed E-state index contributed by atoms with van der Waals surface area (Å²) in [7, 11) is 0. The molecule has 2 aliphatic heterocycles. The van der Waals surface area contributed by atoms with Gasteiger partial charge in [0.15, 0.2) is 0 Å². The van der Waals surface area contributed by atoms with Gasteiger partial charge in [0.1, 0.15) is 42.8 Å². The van der Waals surface area contributed by atoms with E-state index in [4.69, 9.17) is 14.2 Å². The summed E-state index contributed by atoms with van der Waals surface area (Å²) in [5.74, 6) is 1.01. The van der Waals surface area contributed by atoms with Gasteiger partial charge in [-0.15, -0.1) is 0 Å². The van der Waals surface area contributed by atoms with E-state index in [1.54, 1.807) is 16.7 Å². The number of aromatic hydroxyl groups is 1. The lowest BCUT2D eigenvalue weighted by molar-refractivity contribution is -0.389. The van der Waals surface area contributed by atoms with Crippen LogP contribution in [0.2, 0.25) is 0 Å². The highest BCUT2D eigenvalue weighted by Gasteiger charge is 2.30. The summed E-state index contributed by atoms with van der Waals surface area (Å²) in [6, 6.07) is 18.0. The number of phenols is 1. The van der Waals surface area contributed by atoms with Gasteiger partial charge in [0, 0.05) is 68.0 Å². The number of halogens is 3. The maximum Gasteiger partial charge on any atom is 0.416 e. The number of hydrogen-bond acceptors (Lipinski definition) is 9. The Morgan fingerprint density at radius 3 is 2.35 bits per heavy atom. The van der Waals surface area contributed by atoms with Crippen LogP contribution in [0, 0.1) is 10.1 Å². The number of hydrogen-bond donors (Lipinski definition) is 1. The number of alkyl halides is 3. The fourth-order valence-electron chi connectivity index (χ4n) is 5.41. The van der Waals surface area contributed by atoms with Crippen LogP contribution >= 0.6 is 0 Å². The minimum absolute atomic E-state index is 0.0857. The first-order valence-corrected chi connectivity index (χ1v) is 14.8. The fraction of sp³-hybridized carbons (Fsp3) is 0.344. The maximum absolute atomic E-state index is 12.8. The van der Waals surface area contributed by atoms with Crippen molar-refractivity contribution in [1.82, 2.24) is 14.5 Å². The largest absolute Gasteiger partial charge is 0.507 e. The zero-order valence-corrected chi connectivity index (χ0v) is 24.7. The SMILES string of the molecule is O=[N+]([O-])c1cn2c(n1)O[C@@H](COc1ccc(N3CCN(Cc4ccc(OCc5ccc(C(F)(F)F)cc5)cc4O)CC3)cc1)CC2. The Balaban J connectivity index is 0.935. The Labute approximate surface area is 262 Å². The number of aryl methyl sites for hydroxylation is 1. The van der Waals surface area contributed by atoms with Crippen LogP contribution in [0.3, 0.4) is 0 Å². The molecule has 46 heavy (non-hydrogen) atoms. The van der Waals surface area contributed by atoms with Crippen molar-refractivity contribution in [2.75, 3.05) is 37.7 Å². The molecule has 0 spiro atoms. The predicted molar refractivity (Wildman–Crippen MR) is 161 cm³/mol. The quantitative estimate of drug-likeness (QED) is 0.174. The van der Waals surface area contributed by atoms with Crippen LogP contribution in [-0.4, -0.2) is 63.4 Å². The van der Waals surface area contributed by atoms with Crippen molar-refractivity contribution in [2.24, 2.45) is 0 Å². The van der Waals surface area contributed by atoms with Crippen LogP contribution in [-0.2, 0) is 25.9 Å². The highest BCUT2D eigenvalue weighted by molar-refractivity contribution is 5.49. The van der Waals surface area contributed by atoms with Gasteiger partial charge in [-0.3, -0.25) is 9.47 Å². The number of anilines is 1. The fourth-order valence-corrected chi connectivity index (χ4v) is 5.41. The number of aromatic nitrogens is 2. The molecule has 1 fully saturated rings. The van der Waals surface area contributed by atoms with Crippen LogP contribution in [0.25, 0.3) is 0 Å². The monoisotopic (exact) mass is 639 g/mol. The number of rotatable bonds is 10. The summed E-state index contributed by atoms with van der Waals surface area (Å²) in [5.41, 5.74) is 1.73. The van der Waals surface area contributed by atoms with E-state index in [0.717, 1.165) is 49.6 Å². The Morgan fingerprint density at radius 2 is 1.67 bits per heavy atom. The van der Waals surface area contributed by atoms with Gasteiger partial charge in [-0.2, -0.15) is 13.2 Å². The average Bonchev–Trinajstić information content (AvgIpc) is 3.49. The zero-order valence-electron chi connectivity index (χ0n) is 24.7. The van der Waals surface area contributed by atoms with Crippen LogP contribution in [0.4, 0.5) is 24.7 Å². The zero-order chi connectivity index (χ0) is 32.3. The lowest BCUT2D eigenvalue weighted by Crippen LogP contribution is -2.45. The smallest absolute Gasteiger partial charge is 0.416 e. The molecule has 3 heterocycles. The van der Waals surface area contributed by atoms with Crippen molar-refractivity contribution in [2.45, 2.75) is 38.4 Å². The number of imidazole rings is 1. The van der Waals surface area contributed by atoms with Gasteiger partial charge in [0.05, 0.1) is 5.56 Å². The molecule has 14 heteroatoms. The summed E-state index contributed by atoms with van der Waals surface area (Å²) in [4.78, 5) is 18.9. The minimum Gasteiger partial charge on any atom is -0.507 e. The third-order valence-electron chi connectivity index (χ3n) is 8.03. The molecular formula is C32H32F3N5O6. The van der Waals surface area contributed by atoms with Crippen LogP contribution in [0.15, 0.2) is 72.9 Å². The van der Waals surface area contributed by atoms with Gasteiger partial charge in [0.25, 0.3) is 0 Å². The molecule has 4 aromatic rings. The number of piperazine rings is 1. The summed E-state index contributed by atoms with van der Waals surface area (Å²) in [5, 5.41) is 21.6. The third-order valence-corrected chi connectivity index (χ3v) is 8.03. The molecule has 11 nitrogen and oxygen atoms in total. The second-order valence-corrected chi connectivity index (χ2v) is 11.2. The number of ether oxygens (including phenoxy) is 3. The number of nitrogens with zero attached hydrogens (tertiary/aromatic N) is 5. The summed E-state index contributed by atoms with van der Waals surface area (Å²) < 4.78 is 57.3. The van der Waals surface area contributed by atoms with E-state index < -0.39 is 16.7 Å². The molecule has 0 amide bonds. The van der Waals surface area contributed by atoms with Crippen molar-refractivity contribution in [3.05, 3.63) is 99.7 Å². The third kappa shape index (κ3) is 7.45. The van der Waals surface area contributed by atoms with Gasteiger partial charge >= 0.3 is 18.0 Å². The van der Waals surface area contributed by atoms with E-state index in [1.807, 2.05) is 24.3 Å². The summed E-state index contributed by atoms with van der Waals surface area (Å²) in [6.45, 7) is 4.76. The molecule has 1 atom stereocenters. The van der Waals surface area contributed by atoms with E-state index in [0.29, 0.717) is 43.2 Å². The van der Waals surface area contributed by atoms with E-state index in [1.165, 1.54) is 24.4 Å². The van der Waals surface area contributed by atoms with Gasteiger partial charge < -0.3 is 34.3 Å². The van der Waals surface area contributed by atoms with Crippen molar-refractivity contribution >= 4 is 11.5 Å². The number of phenolic OH excluding ortho intramolecular Hbond substituents is 1. The number of fused-ring (bicyclic) bond motifs is 1. The lowest BCUT2D eigenvalue weighted by Gasteiger charge is -2.36. The van der Waals surface area contributed by atoms with E-state index in [9.17, 15) is 28.4 Å². The second-order valence-electron chi connectivity index (χ2n) is 11.2. The standard InChI is InChI=1S/C32H32F3N5O6/c33-32(34,35)24-4-1-22(2-5-24)20-44-27-8-3-23(29(41)17-27)18-37-13-15-38(16-14-37)25-6-9-26(10-7-25)45-21-28-11-12-39-19-30(40(42)43)36-31(39)46-28/h1-10,17,19,28,41H,11-16,18,20-21H2/t28-/m1/s1. The Morgan fingerprint density at radius 1 is 0.957 bits per heavy atom. The van der Waals surface area contributed by atoms with Gasteiger partial charge in [0.2, 0.25) is 0 Å². The Kier molecular flexibility index (Phi) is 8.88. The second kappa shape index (κ2) is 13.2. The van der Waals surface area contributed by atoms with E-state index >= 15 is 0 Å². The Bertz CT molecular complexity index is 1650. The molecular weight excluding hydrogens is 607 g/mol. The molecule has 0 unspecified atom stereocenters. The summed E-state index contributed by atoms with van der Waals surface area (Å²) >= 11 is 0. The summed E-state index contributed by atoms with van der Waals surface area (Å²) in [6.07, 6.45) is -2.60. The van der Waals surface area contributed by atoms with Crippen LogP contribution in [0.5, 0.6) is 23.3 Å². The first kappa shape index (κ1) is 31.0. The van der Waals surface area contributed by atoms with E-state index in [-0.39, 0.29) is 30.3 Å². The molecule has 1 saturated heterocycles. The molecule has 3 aromatic carbocycles. The Hall–Kier alpha value is -4.98. The average molecular weight is 640 g/mol. The molecule has 0 bridgehead atoms. The molecule has 1 aromatic heterocycles. The van der Waals surface area contributed by atoms with E-state index in [2.05, 4.69) is 14.8 Å². The van der Waals surface area contributed by atoms with Crippen molar-refractivity contribution in [3.63, 3.8) is 0 Å². The highest BCUT2D eigenvalue weighted by atomic mass is 19.4. The van der Waals surface area contributed by atoms with Crippen molar-refractivity contribution in [1.29, 1.82) is 0 Å². The van der Waals surface area contributed by atoms with Crippen molar-refractivity contribution < 1.29 is 37.4 Å². The van der Waals surface area contributed by atoms with Gasteiger partial charge in [-0.25, -0.2) is 0 Å². The minimum atomic E-state index is -4.38. The molecule has 1 N–H and O–H groups in total. The molecule has 0 radical (unpaired) electrons. The molecule has 0 aliphatic carbocycles. The number of nitro groups is 1. The highest BCUT2D eigenvalue weighted by Crippen LogP contribution is 2.30. The van der Waals surface area contributed by atoms with Gasteiger partial charge in [-0.05, 0) is 53.0 Å². The predicted octanol–water partition coefficient (Wildman–Crippen LogP) is 5.65. The first-order chi connectivity index (χ1) is 22.1. The molecule has 6 rings (SSSR count). The normalized spacial score (nSPS) is 16.8. The topological polar surface area (TPSA) is 115 Å².